The molecule has 33 heavy (non-hydrogen) atoms. The number of carboxylic acids is 3. The first kappa shape index (κ1) is 27.0. The van der Waals surface area contributed by atoms with Gasteiger partial charge < -0.3 is 37.0 Å². The van der Waals surface area contributed by atoms with Crippen LogP contribution >= 0.6 is 0 Å². The average Bonchev–Trinajstić information content (AvgIpc) is 2.72. The maximum absolute atomic E-state index is 12.4. The van der Waals surface area contributed by atoms with Gasteiger partial charge in [-0.3, -0.25) is 24.0 Å². The molecule has 3 amide bonds. The van der Waals surface area contributed by atoms with Crippen molar-refractivity contribution in [2.75, 3.05) is 0 Å². The lowest BCUT2D eigenvalue weighted by molar-refractivity contribution is -0.148. The van der Waals surface area contributed by atoms with E-state index in [1.54, 1.807) is 30.3 Å². The SMILES string of the molecule is CC(NC(=O)C(N)Cc1ccccc1)C(=O)NC(CC(=O)O)C(=O)NC(CC(=O)O)C(=O)O. The number of hydrogen-bond donors (Lipinski definition) is 7. The molecule has 0 aliphatic heterocycles. The summed E-state index contributed by atoms with van der Waals surface area (Å²) < 4.78 is 0. The van der Waals surface area contributed by atoms with Gasteiger partial charge in [-0.15, -0.1) is 0 Å². The fourth-order valence-electron chi connectivity index (χ4n) is 2.67. The van der Waals surface area contributed by atoms with Crippen molar-refractivity contribution in [3.05, 3.63) is 35.9 Å². The first-order chi connectivity index (χ1) is 15.4. The molecule has 0 aliphatic carbocycles. The van der Waals surface area contributed by atoms with Crippen molar-refractivity contribution in [1.82, 2.24) is 16.0 Å². The van der Waals surface area contributed by atoms with Crippen LogP contribution in [0.4, 0.5) is 0 Å². The molecule has 0 spiro atoms. The highest BCUT2D eigenvalue weighted by molar-refractivity contribution is 5.96. The van der Waals surface area contributed by atoms with Crippen molar-refractivity contribution >= 4 is 35.6 Å². The summed E-state index contributed by atoms with van der Waals surface area (Å²) in [6.07, 6.45) is -1.67. The third kappa shape index (κ3) is 9.78. The second-order valence-corrected chi connectivity index (χ2v) is 7.18. The Morgan fingerprint density at radius 3 is 1.82 bits per heavy atom. The molecule has 180 valence electrons. The van der Waals surface area contributed by atoms with E-state index in [2.05, 4.69) is 10.6 Å². The van der Waals surface area contributed by atoms with Crippen molar-refractivity contribution in [2.45, 2.75) is 50.4 Å². The molecule has 1 aromatic carbocycles. The fraction of sp³-hybridized carbons (Fsp3) is 0.400. The van der Waals surface area contributed by atoms with E-state index in [9.17, 15) is 28.8 Å². The standard InChI is InChI=1S/C20H26N4O9/c1-10(22-18(30)12(21)7-11-5-3-2-4-6-11)17(29)23-13(8-15(25)26)19(31)24-14(20(32)33)9-16(27)28/h2-6,10,12-14H,7-9,21H2,1H3,(H,22,30)(H,23,29)(H,24,31)(H,25,26)(H,27,28)(H,32,33). The molecule has 0 aromatic heterocycles. The van der Waals surface area contributed by atoms with Gasteiger partial charge >= 0.3 is 17.9 Å². The van der Waals surface area contributed by atoms with Crippen LogP contribution < -0.4 is 21.7 Å². The zero-order chi connectivity index (χ0) is 25.1. The minimum Gasteiger partial charge on any atom is -0.481 e. The van der Waals surface area contributed by atoms with Crippen molar-refractivity contribution < 1.29 is 44.1 Å². The van der Waals surface area contributed by atoms with Gasteiger partial charge in [-0.1, -0.05) is 30.3 Å². The second-order valence-electron chi connectivity index (χ2n) is 7.18. The zero-order valence-electron chi connectivity index (χ0n) is 17.7. The molecule has 0 saturated carbocycles. The second kappa shape index (κ2) is 12.8. The molecule has 4 atom stereocenters. The van der Waals surface area contributed by atoms with Gasteiger partial charge in [0.15, 0.2) is 0 Å². The predicted octanol–water partition coefficient (Wildman–Crippen LogP) is -1.94. The predicted molar refractivity (Wildman–Crippen MR) is 112 cm³/mol. The van der Waals surface area contributed by atoms with Crippen molar-refractivity contribution in [1.29, 1.82) is 0 Å². The highest BCUT2D eigenvalue weighted by atomic mass is 16.4. The number of carbonyl (C=O) groups is 6. The third-order valence-corrected chi connectivity index (χ3v) is 4.39. The highest BCUT2D eigenvalue weighted by Gasteiger charge is 2.31. The number of carbonyl (C=O) groups excluding carboxylic acids is 3. The Hall–Kier alpha value is -4.00. The van der Waals surface area contributed by atoms with Gasteiger partial charge in [-0.25, -0.2) is 4.79 Å². The summed E-state index contributed by atoms with van der Waals surface area (Å²) in [5.74, 6) is -7.44. The summed E-state index contributed by atoms with van der Waals surface area (Å²) in [5, 5.41) is 33.1. The van der Waals surface area contributed by atoms with E-state index in [0.717, 1.165) is 5.56 Å². The van der Waals surface area contributed by atoms with Gasteiger partial charge in [0, 0.05) is 0 Å². The molecule has 1 aromatic rings. The van der Waals surface area contributed by atoms with Crippen LogP contribution in [0.5, 0.6) is 0 Å². The van der Waals surface area contributed by atoms with Crippen LogP contribution in [0.15, 0.2) is 30.3 Å². The van der Waals surface area contributed by atoms with Crippen LogP contribution in [0.2, 0.25) is 0 Å². The highest BCUT2D eigenvalue weighted by Crippen LogP contribution is 2.03. The molecule has 0 aliphatic rings. The number of carboxylic acid groups (broad SMARTS) is 3. The van der Waals surface area contributed by atoms with E-state index in [1.807, 2.05) is 5.32 Å². The van der Waals surface area contributed by atoms with Gasteiger partial charge in [0.25, 0.3) is 0 Å². The first-order valence-corrected chi connectivity index (χ1v) is 9.77. The van der Waals surface area contributed by atoms with Crippen molar-refractivity contribution in [3.63, 3.8) is 0 Å². The number of benzene rings is 1. The van der Waals surface area contributed by atoms with Crippen LogP contribution in [0.3, 0.4) is 0 Å². The molecule has 0 radical (unpaired) electrons. The monoisotopic (exact) mass is 466 g/mol. The largest absolute Gasteiger partial charge is 0.481 e. The van der Waals surface area contributed by atoms with Crippen LogP contribution in [0.1, 0.15) is 25.3 Å². The Morgan fingerprint density at radius 1 is 0.788 bits per heavy atom. The Morgan fingerprint density at radius 2 is 1.30 bits per heavy atom. The summed E-state index contributed by atoms with van der Waals surface area (Å²) in [6, 6.07) is 3.14. The van der Waals surface area contributed by atoms with E-state index < -0.39 is 72.6 Å². The number of hydrogen-bond acceptors (Lipinski definition) is 7. The van der Waals surface area contributed by atoms with Gasteiger partial charge in [0.05, 0.1) is 18.9 Å². The molecule has 0 bridgehead atoms. The number of rotatable bonds is 13. The van der Waals surface area contributed by atoms with E-state index in [4.69, 9.17) is 21.1 Å². The Bertz CT molecular complexity index is 891. The average molecular weight is 466 g/mol. The van der Waals surface area contributed by atoms with Gasteiger partial charge in [0.2, 0.25) is 17.7 Å². The molecule has 0 heterocycles. The molecular formula is C20H26N4O9. The minimum atomic E-state index is -1.84. The lowest BCUT2D eigenvalue weighted by Crippen LogP contribution is -2.57. The maximum atomic E-state index is 12.4. The van der Waals surface area contributed by atoms with Crippen molar-refractivity contribution in [2.24, 2.45) is 5.73 Å². The lowest BCUT2D eigenvalue weighted by Gasteiger charge is -2.22. The van der Waals surface area contributed by atoms with Crippen LogP contribution in [0.25, 0.3) is 0 Å². The Labute approximate surface area is 188 Å². The molecule has 13 nitrogen and oxygen atoms in total. The molecule has 13 heteroatoms. The molecule has 8 N–H and O–H groups in total. The van der Waals surface area contributed by atoms with Crippen LogP contribution in [0, 0.1) is 0 Å². The van der Waals surface area contributed by atoms with Crippen LogP contribution in [-0.2, 0) is 35.2 Å². The quantitative estimate of drug-likeness (QED) is 0.170. The van der Waals surface area contributed by atoms with E-state index in [1.165, 1.54) is 6.92 Å². The Balaban J connectivity index is 2.76. The van der Waals surface area contributed by atoms with Gasteiger partial charge in [0.1, 0.15) is 18.1 Å². The summed E-state index contributed by atoms with van der Waals surface area (Å²) in [7, 11) is 0. The lowest BCUT2D eigenvalue weighted by atomic mass is 10.1. The zero-order valence-corrected chi connectivity index (χ0v) is 17.7. The number of amides is 3. The minimum absolute atomic E-state index is 0.200. The van der Waals surface area contributed by atoms with Gasteiger partial charge in [-0.2, -0.15) is 0 Å². The summed E-state index contributed by atoms with van der Waals surface area (Å²) in [6.45, 7) is 1.28. The maximum Gasteiger partial charge on any atom is 0.326 e. The van der Waals surface area contributed by atoms with Gasteiger partial charge in [-0.05, 0) is 18.9 Å². The third-order valence-electron chi connectivity index (χ3n) is 4.39. The molecule has 4 unspecified atom stereocenters. The summed E-state index contributed by atoms with van der Waals surface area (Å²) in [5.41, 5.74) is 6.64. The van der Waals surface area contributed by atoms with Crippen molar-refractivity contribution in [3.8, 4) is 0 Å². The molecule has 1 rings (SSSR count). The number of nitrogens with two attached hydrogens (primary N) is 1. The van der Waals surface area contributed by atoms with E-state index in [0.29, 0.717) is 0 Å². The van der Waals surface area contributed by atoms with E-state index >= 15 is 0 Å². The van der Waals surface area contributed by atoms with Crippen LogP contribution in [-0.4, -0.2) is 75.1 Å². The Kier molecular flexibility index (Phi) is 10.5. The molecule has 0 fully saturated rings. The number of nitrogens with one attached hydrogen (secondary N) is 3. The fourth-order valence-corrected chi connectivity index (χ4v) is 2.67. The topological polar surface area (TPSA) is 225 Å². The smallest absolute Gasteiger partial charge is 0.326 e. The molecule has 0 saturated heterocycles. The molecular weight excluding hydrogens is 440 g/mol. The van der Waals surface area contributed by atoms with E-state index in [-0.39, 0.29) is 6.42 Å². The normalized spacial score (nSPS) is 14.1. The number of aliphatic carboxylic acids is 3. The summed E-state index contributed by atoms with van der Waals surface area (Å²) in [4.78, 5) is 69.9. The summed E-state index contributed by atoms with van der Waals surface area (Å²) >= 11 is 0. The first-order valence-electron chi connectivity index (χ1n) is 9.77.